The lowest BCUT2D eigenvalue weighted by Gasteiger charge is -2.46. The van der Waals surface area contributed by atoms with Gasteiger partial charge in [0, 0.05) is 77.9 Å². The van der Waals surface area contributed by atoms with Crippen molar-refractivity contribution in [2.24, 2.45) is 0 Å². The summed E-state index contributed by atoms with van der Waals surface area (Å²) in [4.78, 5) is 5.29. The van der Waals surface area contributed by atoms with Crippen LogP contribution >= 0.6 is 0 Å². The monoisotopic (exact) mass is 1460 g/mol. The summed E-state index contributed by atoms with van der Waals surface area (Å²) in [6.45, 7) is 6.50. The van der Waals surface area contributed by atoms with E-state index in [1.807, 2.05) is 36.4 Å². The minimum atomic E-state index is -0.381. The first kappa shape index (κ1) is 68.0. The van der Waals surface area contributed by atoms with Crippen LogP contribution in [-0.4, -0.2) is 15.8 Å². The first-order valence-electron chi connectivity index (χ1n) is 39.4. The second-order valence-corrected chi connectivity index (χ2v) is 31.3. The topological polar surface area (TPSA) is 63.9 Å². The molecule has 0 aliphatic carbocycles. The van der Waals surface area contributed by atoms with E-state index >= 15 is 0 Å². The molecule has 0 atom stereocenters. The van der Waals surface area contributed by atoms with Crippen molar-refractivity contribution in [1.29, 1.82) is 10.5 Å². The molecule has 0 amide bonds. The standard InChI is InChI=1S/C108H73BN6/c1-108(2,3)82-43-29-42-76(59-82)94-63-81(86-45-19-17-39-78(86)69-111)61-92(73-36-14-7-15-37-73)107(94)115-102-67-84(113-99-52-26-22-48-89(99)90-49-23-27-53-100(90)113)55-57-96(102)109-95-56-54-83(112-97-50-24-20-46-87(97)88-47-21-25-51-98(88)112)66-101(95)114(103-64-79(65-104(115)105(103)109)71-32-10-5-11-33-71)106-91(72-34-12-6-13-35-72)60-80(85-44-18-16-38-77(85)68-110)62-93(106)75-41-28-40-74(58-75)70-30-8-4-9-31-70/h4-67H,1-3H3. The number of hydrogen-bond acceptors (Lipinski definition) is 4. The van der Waals surface area contributed by atoms with E-state index in [-0.39, 0.29) is 12.1 Å². The molecule has 6 nitrogen and oxygen atoms in total. The molecule has 0 N–H and O–H groups in total. The van der Waals surface area contributed by atoms with Crippen LogP contribution in [0.15, 0.2) is 388 Å². The highest BCUT2D eigenvalue weighted by Gasteiger charge is 2.46. The Morgan fingerprint density at radius 3 is 1.01 bits per heavy atom. The molecular weight excluding hydrogens is 1390 g/mol. The van der Waals surface area contributed by atoms with Crippen molar-refractivity contribution in [3.8, 4) is 113 Å². The number of aromatic nitrogens is 2. The van der Waals surface area contributed by atoms with Crippen LogP contribution in [0.2, 0.25) is 0 Å². The highest BCUT2D eigenvalue weighted by atomic mass is 15.2. The van der Waals surface area contributed by atoms with Crippen molar-refractivity contribution in [2.45, 2.75) is 26.2 Å². The SMILES string of the molecule is CC(C)(C)c1cccc(-c2cc(-c3ccccc3C#N)cc(-c3ccccc3)c2N2c3cc(-n4c5ccccc5c5ccccc54)ccc3B3c4ccc(-n5c6ccccc6c6ccccc65)cc4N(c4c(-c5ccccc5)cc(-c5ccccc5C#N)cc4-c4cccc(-c5ccccc5)c4)c4cc(-c5ccccc5)cc2c43)c1. The highest BCUT2D eigenvalue weighted by molar-refractivity contribution is 7.00. The molecule has 0 fully saturated rings. The number of benzene rings is 17. The Morgan fingerprint density at radius 2 is 0.591 bits per heavy atom. The normalized spacial score (nSPS) is 12.2. The molecule has 538 valence electrons. The van der Waals surface area contributed by atoms with Gasteiger partial charge in [-0.25, -0.2) is 0 Å². The number of rotatable bonds is 12. The second kappa shape index (κ2) is 27.5. The molecule has 0 spiro atoms. The Bertz CT molecular complexity index is 7130. The number of anilines is 6. The third-order valence-electron chi connectivity index (χ3n) is 23.7. The first-order valence-corrected chi connectivity index (χ1v) is 39.4. The van der Waals surface area contributed by atoms with Gasteiger partial charge in [0.15, 0.2) is 0 Å². The summed E-state index contributed by atoms with van der Waals surface area (Å²) in [5.74, 6) is 0. The number of nitrogens with zero attached hydrogens (tertiary/aromatic N) is 6. The fourth-order valence-electron chi connectivity index (χ4n) is 18.4. The van der Waals surface area contributed by atoms with Gasteiger partial charge in [0.25, 0.3) is 6.71 Å². The maximum Gasteiger partial charge on any atom is 0.252 e. The molecule has 0 saturated carbocycles. The third kappa shape index (κ3) is 11.3. The molecule has 19 aromatic rings. The van der Waals surface area contributed by atoms with E-state index < -0.39 is 0 Å². The zero-order chi connectivity index (χ0) is 77.0. The smallest absolute Gasteiger partial charge is 0.252 e. The lowest BCUT2D eigenvalue weighted by atomic mass is 9.33. The number of para-hydroxylation sites is 4. The minimum absolute atomic E-state index is 0.218. The van der Waals surface area contributed by atoms with Crippen LogP contribution in [-0.2, 0) is 5.41 Å². The molecule has 0 unspecified atom stereocenters. The molecule has 115 heavy (non-hydrogen) atoms. The van der Waals surface area contributed by atoms with Gasteiger partial charge in [-0.15, -0.1) is 0 Å². The molecule has 2 aliphatic heterocycles. The summed E-state index contributed by atoms with van der Waals surface area (Å²) in [7, 11) is 0. The van der Waals surface area contributed by atoms with Crippen molar-refractivity contribution in [3.63, 3.8) is 0 Å². The Morgan fingerprint density at radius 1 is 0.252 bits per heavy atom. The number of hydrogen-bond donors (Lipinski definition) is 0. The van der Waals surface area contributed by atoms with Gasteiger partial charge in [-0.3, -0.25) is 0 Å². The maximum atomic E-state index is 11.2. The Labute approximate surface area is 669 Å². The second-order valence-electron chi connectivity index (χ2n) is 31.3. The molecule has 7 heteroatoms. The van der Waals surface area contributed by atoms with Crippen molar-refractivity contribution < 1.29 is 0 Å². The predicted molar refractivity (Wildman–Crippen MR) is 481 cm³/mol. The van der Waals surface area contributed by atoms with Crippen LogP contribution in [0.5, 0.6) is 0 Å². The molecule has 0 radical (unpaired) electrons. The van der Waals surface area contributed by atoms with E-state index in [0.29, 0.717) is 11.1 Å². The molecule has 17 aromatic carbocycles. The van der Waals surface area contributed by atoms with E-state index in [4.69, 9.17) is 0 Å². The van der Waals surface area contributed by atoms with Gasteiger partial charge >= 0.3 is 0 Å². The fraction of sp³-hybridized carbons (Fsp3) is 0.0370. The van der Waals surface area contributed by atoms with Gasteiger partial charge in [-0.05, 0) is 197 Å². The van der Waals surface area contributed by atoms with E-state index in [9.17, 15) is 10.5 Å². The lowest BCUT2D eigenvalue weighted by molar-refractivity contribution is 0.590. The van der Waals surface area contributed by atoms with Crippen LogP contribution < -0.4 is 26.2 Å². The van der Waals surface area contributed by atoms with E-state index in [1.165, 1.54) is 27.1 Å². The van der Waals surface area contributed by atoms with Gasteiger partial charge in [0.2, 0.25) is 0 Å². The average molecular weight is 1470 g/mol. The summed E-state index contributed by atoms with van der Waals surface area (Å²) < 4.78 is 4.92. The Balaban J connectivity index is 0.965. The van der Waals surface area contributed by atoms with Crippen molar-refractivity contribution in [1.82, 2.24) is 9.13 Å². The summed E-state index contributed by atoms with van der Waals surface area (Å²) in [5, 5.41) is 27.0. The summed E-state index contributed by atoms with van der Waals surface area (Å²) in [6, 6.07) is 147. The van der Waals surface area contributed by atoms with Crippen LogP contribution in [0.3, 0.4) is 0 Å². The average Bonchev–Trinajstić information content (AvgIpc) is 1.02. The molecule has 0 bridgehead atoms. The zero-order valence-corrected chi connectivity index (χ0v) is 63.7. The van der Waals surface area contributed by atoms with Crippen LogP contribution in [0.4, 0.5) is 34.1 Å². The van der Waals surface area contributed by atoms with Crippen molar-refractivity contribution in [2.75, 3.05) is 9.80 Å². The van der Waals surface area contributed by atoms with Crippen LogP contribution in [0.25, 0.3) is 144 Å². The van der Waals surface area contributed by atoms with Crippen LogP contribution in [0, 0.1) is 22.7 Å². The Hall–Kier alpha value is -15.0. The molecule has 4 heterocycles. The molecule has 2 aliphatic rings. The zero-order valence-electron chi connectivity index (χ0n) is 63.7. The number of fused-ring (bicyclic) bond motifs is 10. The number of nitriles is 2. The fourth-order valence-corrected chi connectivity index (χ4v) is 18.4. The van der Waals surface area contributed by atoms with Gasteiger partial charge in [-0.2, -0.15) is 10.5 Å². The van der Waals surface area contributed by atoms with Gasteiger partial charge in [0.05, 0.1) is 56.7 Å². The van der Waals surface area contributed by atoms with E-state index in [2.05, 4.69) is 404 Å². The summed E-state index contributed by atoms with van der Waals surface area (Å²) in [6.07, 6.45) is 0. The van der Waals surface area contributed by atoms with E-state index in [0.717, 1.165) is 173 Å². The van der Waals surface area contributed by atoms with Crippen molar-refractivity contribution >= 4 is 101 Å². The van der Waals surface area contributed by atoms with Crippen LogP contribution in [0.1, 0.15) is 37.5 Å². The first-order chi connectivity index (χ1) is 56.6. The quantitative estimate of drug-likeness (QED) is 0.114. The maximum absolute atomic E-state index is 11.2. The van der Waals surface area contributed by atoms with Gasteiger partial charge in [-0.1, -0.05) is 306 Å². The molecule has 21 rings (SSSR count). The largest absolute Gasteiger partial charge is 0.310 e. The van der Waals surface area contributed by atoms with E-state index in [1.54, 1.807) is 0 Å². The minimum Gasteiger partial charge on any atom is -0.310 e. The highest BCUT2D eigenvalue weighted by Crippen LogP contribution is 2.56. The Kier molecular flexibility index (Phi) is 16.3. The van der Waals surface area contributed by atoms with Crippen molar-refractivity contribution in [3.05, 3.63) is 405 Å². The lowest BCUT2D eigenvalue weighted by Crippen LogP contribution is -2.61. The molecule has 2 aromatic heterocycles. The predicted octanol–water partition coefficient (Wildman–Crippen LogP) is 26.3. The molecule has 0 saturated heterocycles. The van der Waals surface area contributed by atoms with Gasteiger partial charge in [0.1, 0.15) is 0 Å². The third-order valence-corrected chi connectivity index (χ3v) is 23.7. The molecular formula is C108H73BN6. The van der Waals surface area contributed by atoms with Gasteiger partial charge < -0.3 is 18.9 Å². The summed E-state index contributed by atoms with van der Waals surface area (Å²) in [5.41, 5.74) is 34.0. The summed E-state index contributed by atoms with van der Waals surface area (Å²) >= 11 is 0.